The first-order valence-electron chi connectivity index (χ1n) is 12.5. The zero-order valence-corrected chi connectivity index (χ0v) is 21.1. The Labute approximate surface area is 213 Å². The molecule has 1 aromatic carbocycles. The average Bonchev–Trinajstić information content (AvgIpc) is 3.69. The number of H-pyrrole nitrogens is 1. The Kier molecular flexibility index (Phi) is 6.97. The molecule has 0 aliphatic heterocycles. The number of imidazole rings is 1. The molecular formula is C25H29N11O. The van der Waals surface area contributed by atoms with E-state index in [1.165, 1.54) is 0 Å². The van der Waals surface area contributed by atoms with Crippen LogP contribution in [0.2, 0.25) is 0 Å². The third kappa shape index (κ3) is 4.82. The molecular weight excluding hydrogens is 470 g/mol. The van der Waals surface area contributed by atoms with Crippen LogP contribution in [0.15, 0.2) is 53.7 Å². The van der Waals surface area contributed by atoms with Crippen molar-refractivity contribution < 1.29 is 0 Å². The highest BCUT2D eigenvalue weighted by atomic mass is 16.2. The van der Waals surface area contributed by atoms with Gasteiger partial charge in [0.1, 0.15) is 0 Å². The van der Waals surface area contributed by atoms with Crippen LogP contribution in [0.3, 0.4) is 0 Å². The standard InChI is InChI=1S/C25H29N11O/c1-4-6-7-21-16-35(24-29-32-33-36(24)17(3)5-2)25(37)34(21)15-20-14-26-13-12-22(20)18-8-10-19(11-9-18)23-27-30-31-28-23/h8-14,16-17H,4-7,15H2,1-3H3,(H,27,28,30,31). The Morgan fingerprint density at radius 2 is 1.84 bits per heavy atom. The van der Waals surface area contributed by atoms with Gasteiger partial charge >= 0.3 is 5.69 Å². The van der Waals surface area contributed by atoms with Crippen LogP contribution in [0.25, 0.3) is 28.5 Å². The largest absolute Gasteiger partial charge is 0.335 e. The predicted molar refractivity (Wildman–Crippen MR) is 137 cm³/mol. The van der Waals surface area contributed by atoms with Crippen molar-refractivity contribution in [3.8, 4) is 28.5 Å². The van der Waals surface area contributed by atoms with E-state index < -0.39 is 0 Å². The minimum absolute atomic E-state index is 0.0694. The lowest BCUT2D eigenvalue weighted by molar-refractivity contribution is 0.456. The van der Waals surface area contributed by atoms with E-state index in [4.69, 9.17) is 0 Å². The minimum Gasteiger partial charge on any atom is -0.291 e. The topological polar surface area (TPSA) is 138 Å². The van der Waals surface area contributed by atoms with Crippen LogP contribution in [0.4, 0.5) is 0 Å². The summed E-state index contributed by atoms with van der Waals surface area (Å²) in [5, 5.41) is 26.2. The average molecular weight is 500 g/mol. The van der Waals surface area contributed by atoms with Gasteiger partial charge in [-0.3, -0.25) is 9.55 Å². The van der Waals surface area contributed by atoms with E-state index in [1.54, 1.807) is 20.0 Å². The molecule has 0 radical (unpaired) electrons. The summed E-state index contributed by atoms with van der Waals surface area (Å²) in [4.78, 5) is 18.1. The van der Waals surface area contributed by atoms with Crippen LogP contribution in [0.5, 0.6) is 0 Å². The van der Waals surface area contributed by atoms with Gasteiger partial charge < -0.3 is 0 Å². The number of unbranched alkanes of at least 4 members (excludes halogenated alkanes) is 1. The van der Waals surface area contributed by atoms with E-state index in [-0.39, 0.29) is 11.7 Å². The Balaban J connectivity index is 1.53. The van der Waals surface area contributed by atoms with Crippen LogP contribution < -0.4 is 5.69 Å². The molecule has 4 aromatic heterocycles. The molecule has 1 atom stereocenters. The number of pyridine rings is 1. The van der Waals surface area contributed by atoms with Gasteiger partial charge in [0.15, 0.2) is 5.82 Å². The molecule has 0 fully saturated rings. The normalized spacial score (nSPS) is 12.2. The molecule has 1 N–H and O–H groups in total. The first-order chi connectivity index (χ1) is 18.1. The Hall–Kier alpha value is -4.48. The lowest BCUT2D eigenvalue weighted by atomic mass is 10.00. The van der Waals surface area contributed by atoms with Crippen LogP contribution in [-0.2, 0) is 13.0 Å². The molecule has 5 rings (SSSR count). The second kappa shape index (κ2) is 10.6. The molecule has 0 amide bonds. The van der Waals surface area contributed by atoms with Crippen molar-refractivity contribution in [3.63, 3.8) is 0 Å². The number of aromatic amines is 1. The molecule has 0 bridgehead atoms. The van der Waals surface area contributed by atoms with Gasteiger partial charge in [0.2, 0.25) is 0 Å². The molecule has 1 unspecified atom stereocenters. The molecule has 12 heteroatoms. The monoisotopic (exact) mass is 499 g/mol. The number of aromatic nitrogens is 11. The lowest BCUT2D eigenvalue weighted by Crippen LogP contribution is -2.27. The summed E-state index contributed by atoms with van der Waals surface area (Å²) < 4.78 is 5.07. The number of nitrogens with zero attached hydrogens (tertiary/aromatic N) is 10. The number of tetrazole rings is 2. The van der Waals surface area contributed by atoms with Gasteiger partial charge in [-0.15, -0.1) is 5.10 Å². The van der Waals surface area contributed by atoms with Gasteiger partial charge in [-0.05, 0) is 69.8 Å². The highest BCUT2D eigenvalue weighted by Gasteiger charge is 2.20. The van der Waals surface area contributed by atoms with Crippen LogP contribution >= 0.6 is 0 Å². The number of hydrogen-bond donors (Lipinski definition) is 1. The fourth-order valence-electron chi connectivity index (χ4n) is 4.30. The van der Waals surface area contributed by atoms with E-state index in [2.05, 4.69) is 55.0 Å². The first kappa shape index (κ1) is 24.2. The highest BCUT2D eigenvalue weighted by molar-refractivity contribution is 5.69. The van der Waals surface area contributed by atoms with E-state index in [9.17, 15) is 4.79 Å². The van der Waals surface area contributed by atoms with E-state index in [0.29, 0.717) is 18.3 Å². The zero-order valence-electron chi connectivity index (χ0n) is 21.1. The molecule has 12 nitrogen and oxygen atoms in total. The summed E-state index contributed by atoms with van der Waals surface area (Å²) in [6.45, 7) is 6.62. The predicted octanol–water partition coefficient (Wildman–Crippen LogP) is 3.23. The third-order valence-corrected chi connectivity index (χ3v) is 6.59. The highest BCUT2D eigenvalue weighted by Crippen LogP contribution is 2.26. The molecule has 0 aliphatic rings. The van der Waals surface area contributed by atoms with Crippen molar-refractivity contribution in [2.75, 3.05) is 0 Å². The molecule has 0 saturated carbocycles. The Morgan fingerprint density at radius 3 is 2.57 bits per heavy atom. The van der Waals surface area contributed by atoms with Crippen molar-refractivity contribution in [2.24, 2.45) is 0 Å². The van der Waals surface area contributed by atoms with Crippen molar-refractivity contribution >= 4 is 0 Å². The molecule has 0 aliphatic carbocycles. The van der Waals surface area contributed by atoms with Crippen LogP contribution in [0.1, 0.15) is 57.3 Å². The molecule has 0 saturated heterocycles. The third-order valence-electron chi connectivity index (χ3n) is 6.59. The smallest absolute Gasteiger partial charge is 0.291 e. The van der Waals surface area contributed by atoms with Gasteiger partial charge in [-0.1, -0.05) is 49.6 Å². The number of rotatable bonds is 10. The van der Waals surface area contributed by atoms with Crippen molar-refractivity contribution in [2.45, 2.75) is 59.0 Å². The van der Waals surface area contributed by atoms with Gasteiger partial charge in [0, 0.05) is 29.8 Å². The first-order valence-corrected chi connectivity index (χ1v) is 12.5. The van der Waals surface area contributed by atoms with Crippen LogP contribution in [-0.4, -0.2) is 54.9 Å². The van der Waals surface area contributed by atoms with Gasteiger partial charge in [0.05, 0.1) is 12.6 Å². The second-order valence-corrected chi connectivity index (χ2v) is 9.00. The van der Waals surface area contributed by atoms with Crippen molar-refractivity contribution in [1.82, 2.24) is 54.9 Å². The molecule has 4 heterocycles. The summed E-state index contributed by atoms with van der Waals surface area (Å²) in [5.41, 5.74) is 4.61. The SMILES string of the molecule is CCCCc1cn(-c2nnnn2C(C)CC)c(=O)n1Cc1cnccc1-c1ccc(-c2nnn[nH]2)cc1. The van der Waals surface area contributed by atoms with E-state index >= 15 is 0 Å². The van der Waals surface area contributed by atoms with Crippen LogP contribution in [0, 0.1) is 0 Å². The minimum atomic E-state index is -0.173. The number of benzene rings is 1. The van der Waals surface area contributed by atoms with E-state index in [1.807, 2.05) is 49.6 Å². The van der Waals surface area contributed by atoms with Crippen molar-refractivity contribution in [3.05, 3.63) is 70.7 Å². The quantitative estimate of drug-likeness (QED) is 0.309. The maximum absolute atomic E-state index is 13.7. The van der Waals surface area contributed by atoms with Crippen molar-refractivity contribution in [1.29, 1.82) is 0 Å². The number of aryl methyl sites for hydroxylation is 1. The molecule has 37 heavy (non-hydrogen) atoms. The second-order valence-electron chi connectivity index (χ2n) is 9.00. The molecule has 190 valence electrons. The fraction of sp³-hybridized carbons (Fsp3) is 0.360. The summed E-state index contributed by atoms with van der Waals surface area (Å²) in [6.07, 6.45) is 9.07. The summed E-state index contributed by atoms with van der Waals surface area (Å²) >= 11 is 0. The molecule has 0 spiro atoms. The maximum Gasteiger partial charge on any atom is 0.335 e. The summed E-state index contributed by atoms with van der Waals surface area (Å²) in [7, 11) is 0. The fourth-order valence-corrected chi connectivity index (χ4v) is 4.30. The van der Waals surface area contributed by atoms with E-state index in [0.717, 1.165) is 53.6 Å². The Bertz CT molecular complexity index is 1510. The van der Waals surface area contributed by atoms with Gasteiger partial charge in [-0.2, -0.15) is 0 Å². The zero-order chi connectivity index (χ0) is 25.8. The summed E-state index contributed by atoms with van der Waals surface area (Å²) in [5.74, 6) is 1.04. The number of hydrogen-bond acceptors (Lipinski definition) is 8. The summed E-state index contributed by atoms with van der Waals surface area (Å²) in [6, 6.07) is 10.0. The van der Waals surface area contributed by atoms with Gasteiger partial charge in [0.25, 0.3) is 5.95 Å². The Morgan fingerprint density at radius 1 is 1.03 bits per heavy atom. The van der Waals surface area contributed by atoms with Gasteiger partial charge in [-0.25, -0.2) is 19.1 Å². The lowest BCUT2D eigenvalue weighted by Gasteiger charge is -2.12. The number of nitrogens with one attached hydrogen (secondary N) is 1. The molecule has 5 aromatic rings. The maximum atomic E-state index is 13.7.